The molecule has 3 heterocycles. The number of benzene rings is 1. The lowest BCUT2D eigenvalue weighted by molar-refractivity contribution is -0.0308. The summed E-state index contributed by atoms with van der Waals surface area (Å²) < 4.78 is 0. The maximum atomic E-state index is 10.8. The van der Waals surface area contributed by atoms with Crippen molar-refractivity contribution in [2.45, 2.75) is 36.7 Å². The second kappa shape index (κ2) is 10.7. The maximum absolute atomic E-state index is 10.8. The van der Waals surface area contributed by atoms with Crippen LogP contribution < -0.4 is 0 Å². The van der Waals surface area contributed by atoms with Gasteiger partial charge in [-0.05, 0) is 24.7 Å². The SMILES string of the molecule is CSc1ncc(CN2CC[C@H](N3CCN(CCc4ccccc4)CC3)[C@@H](O)C2)cn1. The van der Waals surface area contributed by atoms with Gasteiger partial charge in [0.25, 0.3) is 0 Å². The monoisotopic (exact) mass is 427 g/mol. The van der Waals surface area contributed by atoms with Gasteiger partial charge in [0.2, 0.25) is 0 Å². The fourth-order valence-electron chi connectivity index (χ4n) is 4.59. The third kappa shape index (κ3) is 5.80. The highest BCUT2D eigenvalue weighted by molar-refractivity contribution is 7.98. The number of likely N-dealkylation sites (tertiary alicyclic amines) is 1. The van der Waals surface area contributed by atoms with Crippen molar-refractivity contribution >= 4 is 11.8 Å². The van der Waals surface area contributed by atoms with Gasteiger partial charge in [-0.3, -0.25) is 9.80 Å². The number of aliphatic hydroxyl groups excluding tert-OH is 1. The molecule has 2 aliphatic rings. The smallest absolute Gasteiger partial charge is 0.187 e. The van der Waals surface area contributed by atoms with Crippen molar-refractivity contribution in [3.63, 3.8) is 0 Å². The zero-order valence-electron chi connectivity index (χ0n) is 17.9. The molecule has 0 unspecified atom stereocenters. The number of piperidine rings is 1. The van der Waals surface area contributed by atoms with Gasteiger partial charge in [-0.2, -0.15) is 0 Å². The highest BCUT2D eigenvalue weighted by atomic mass is 32.2. The van der Waals surface area contributed by atoms with Gasteiger partial charge < -0.3 is 10.0 Å². The van der Waals surface area contributed by atoms with Crippen LogP contribution in [0.4, 0.5) is 0 Å². The number of hydrogen-bond acceptors (Lipinski definition) is 7. The van der Waals surface area contributed by atoms with E-state index in [9.17, 15) is 5.11 Å². The van der Waals surface area contributed by atoms with E-state index in [0.29, 0.717) is 0 Å². The first-order valence-corrected chi connectivity index (χ1v) is 12.2. The predicted octanol–water partition coefficient (Wildman–Crippen LogP) is 1.99. The van der Waals surface area contributed by atoms with Crippen LogP contribution in [-0.2, 0) is 13.0 Å². The first kappa shape index (κ1) is 21.7. The molecular formula is C23H33N5OS. The van der Waals surface area contributed by atoms with Gasteiger partial charge in [0, 0.05) is 76.4 Å². The molecule has 7 heteroatoms. The van der Waals surface area contributed by atoms with E-state index in [4.69, 9.17) is 0 Å². The summed E-state index contributed by atoms with van der Waals surface area (Å²) in [5, 5.41) is 11.6. The summed E-state index contributed by atoms with van der Waals surface area (Å²) in [5.74, 6) is 0. The highest BCUT2D eigenvalue weighted by Gasteiger charge is 2.33. The van der Waals surface area contributed by atoms with Crippen molar-refractivity contribution < 1.29 is 5.11 Å². The molecule has 2 fully saturated rings. The molecule has 2 aromatic rings. The summed E-state index contributed by atoms with van der Waals surface area (Å²) >= 11 is 1.56. The molecule has 2 saturated heterocycles. The highest BCUT2D eigenvalue weighted by Crippen LogP contribution is 2.21. The van der Waals surface area contributed by atoms with Crippen molar-refractivity contribution in [1.82, 2.24) is 24.7 Å². The van der Waals surface area contributed by atoms with Crippen LogP contribution in [0.3, 0.4) is 0 Å². The second-order valence-corrected chi connectivity index (χ2v) is 9.12. The minimum Gasteiger partial charge on any atom is -0.390 e. The van der Waals surface area contributed by atoms with Crippen LogP contribution in [0, 0.1) is 0 Å². The van der Waals surface area contributed by atoms with Crippen LogP contribution in [0.5, 0.6) is 0 Å². The molecule has 2 atom stereocenters. The normalized spacial score (nSPS) is 24.2. The molecule has 1 N–H and O–H groups in total. The van der Waals surface area contributed by atoms with Crippen molar-refractivity contribution in [3.8, 4) is 0 Å². The number of rotatable bonds is 7. The van der Waals surface area contributed by atoms with E-state index in [1.807, 2.05) is 18.6 Å². The Bertz CT molecular complexity index is 767. The molecule has 0 bridgehead atoms. The lowest BCUT2D eigenvalue weighted by Crippen LogP contribution is -2.58. The third-order valence-corrected chi connectivity index (χ3v) is 6.91. The zero-order chi connectivity index (χ0) is 20.8. The fraction of sp³-hybridized carbons (Fsp3) is 0.565. The Morgan fingerprint density at radius 3 is 2.37 bits per heavy atom. The first-order chi connectivity index (χ1) is 14.7. The fourth-order valence-corrected chi connectivity index (χ4v) is 4.91. The van der Waals surface area contributed by atoms with Crippen molar-refractivity contribution in [2.75, 3.05) is 52.1 Å². The number of nitrogens with zero attached hydrogens (tertiary/aromatic N) is 5. The van der Waals surface area contributed by atoms with E-state index >= 15 is 0 Å². The molecule has 2 aliphatic heterocycles. The molecule has 0 saturated carbocycles. The van der Waals surface area contributed by atoms with Gasteiger partial charge in [0.15, 0.2) is 5.16 Å². The minimum absolute atomic E-state index is 0.285. The lowest BCUT2D eigenvalue weighted by atomic mass is 9.98. The van der Waals surface area contributed by atoms with Crippen molar-refractivity contribution in [3.05, 3.63) is 53.9 Å². The van der Waals surface area contributed by atoms with E-state index in [1.165, 1.54) is 5.56 Å². The Morgan fingerprint density at radius 1 is 0.967 bits per heavy atom. The Labute approximate surface area is 184 Å². The number of piperazine rings is 1. The molecule has 162 valence electrons. The summed E-state index contributed by atoms with van der Waals surface area (Å²) in [4.78, 5) is 16.1. The average molecular weight is 428 g/mol. The van der Waals surface area contributed by atoms with Crippen LogP contribution >= 0.6 is 11.8 Å². The zero-order valence-corrected chi connectivity index (χ0v) is 18.7. The molecule has 0 radical (unpaired) electrons. The van der Waals surface area contributed by atoms with Gasteiger partial charge in [0.1, 0.15) is 0 Å². The van der Waals surface area contributed by atoms with Crippen LogP contribution in [0.25, 0.3) is 0 Å². The van der Waals surface area contributed by atoms with E-state index in [-0.39, 0.29) is 12.1 Å². The Hall–Kier alpha value is -1.51. The number of thioether (sulfide) groups is 1. The Kier molecular flexibility index (Phi) is 7.73. The standard InChI is InChI=1S/C23H33N5OS/c1-30-23-24-15-20(16-25-23)17-27-10-8-21(22(29)18-27)28-13-11-26(12-14-28)9-7-19-5-3-2-4-6-19/h2-6,15-16,21-22,29H,7-14,17-18H2,1H3/t21-,22-/m0/s1. The van der Waals surface area contributed by atoms with Gasteiger partial charge >= 0.3 is 0 Å². The van der Waals surface area contributed by atoms with Crippen LogP contribution in [0.2, 0.25) is 0 Å². The van der Waals surface area contributed by atoms with E-state index < -0.39 is 0 Å². The molecule has 6 nitrogen and oxygen atoms in total. The Morgan fingerprint density at radius 2 is 1.70 bits per heavy atom. The number of aromatic nitrogens is 2. The summed E-state index contributed by atoms with van der Waals surface area (Å²) in [6.07, 6.45) is 7.65. The van der Waals surface area contributed by atoms with E-state index in [0.717, 1.165) is 75.9 Å². The number of aliphatic hydroxyl groups is 1. The van der Waals surface area contributed by atoms with Gasteiger partial charge in [-0.15, -0.1) is 0 Å². The number of β-amino-alcohol motifs (C(OH)–C–C–N with tert-alkyl or cyclic N) is 1. The summed E-state index contributed by atoms with van der Waals surface area (Å²) in [6.45, 7) is 7.98. The molecule has 4 rings (SSSR count). The molecule has 1 aromatic heterocycles. The molecule has 0 amide bonds. The average Bonchev–Trinajstić information content (AvgIpc) is 2.79. The molecule has 0 aliphatic carbocycles. The van der Waals surface area contributed by atoms with E-state index in [1.54, 1.807) is 11.8 Å². The molecular weight excluding hydrogens is 394 g/mol. The van der Waals surface area contributed by atoms with Gasteiger partial charge in [-0.1, -0.05) is 42.1 Å². The third-order valence-electron chi connectivity index (χ3n) is 6.34. The molecule has 30 heavy (non-hydrogen) atoms. The quantitative estimate of drug-likeness (QED) is 0.536. The summed E-state index contributed by atoms with van der Waals surface area (Å²) in [7, 11) is 0. The summed E-state index contributed by atoms with van der Waals surface area (Å²) in [6, 6.07) is 11.0. The minimum atomic E-state index is -0.291. The van der Waals surface area contributed by atoms with Crippen LogP contribution in [-0.4, -0.2) is 94.0 Å². The van der Waals surface area contributed by atoms with Crippen LogP contribution in [0.1, 0.15) is 17.5 Å². The van der Waals surface area contributed by atoms with Crippen LogP contribution in [0.15, 0.2) is 47.9 Å². The summed E-state index contributed by atoms with van der Waals surface area (Å²) in [5.41, 5.74) is 2.53. The number of hydrogen-bond donors (Lipinski definition) is 1. The second-order valence-electron chi connectivity index (χ2n) is 8.35. The van der Waals surface area contributed by atoms with Crippen molar-refractivity contribution in [2.24, 2.45) is 0 Å². The van der Waals surface area contributed by atoms with Gasteiger partial charge in [-0.25, -0.2) is 9.97 Å². The van der Waals surface area contributed by atoms with E-state index in [2.05, 4.69) is 55.0 Å². The Balaban J connectivity index is 1.20. The predicted molar refractivity (Wildman–Crippen MR) is 122 cm³/mol. The van der Waals surface area contributed by atoms with Crippen molar-refractivity contribution in [1.29, 1.82) is 0 Å². The largest absolute Gasteiger partial charge is 0.390 e. The van der Waals surface area contributed by atoms with Gasteiger partial charge in [0.05, 0.1) is 6.10 Å². The lowest BCUT2D eigenvalue weighted by Gasteiger charge is -2.45. The topological polar surface area (TPSA) is 55.7 Å². The first-order valence-electron chi connectivity index (χ1n) is 11.0. The maximum Gasteiger partial charge on any atom is 0.187 e. The molecule has 1 aromatic carbocycles. The molecule has 0 spiro atoms.